The van der Waals surface area contributed by atoms with Crippen LogP contribution < -0.4 is 0 Å². The Hall–Kier alpha value is -3.41. The maximum Gasteiger partial charge on any atom is 0.330 e. The Balaban J connectivity index is 0. The van der Waals surface area contributed by atoms with Crippen LogP contribution in [0, 0.1) is 0 Å². The average molecular weight is 346 g/mol. The van der Waals surface area contributed by atoms with Gasteiger partial charge in [-0.2, -0.15) is 0 Å². The molecule has 0 aromatic heterocycles. The number of carbonyl (C=O) groups is 3. The van der Waals surface area contributed by atoms with E-state index >= 15 is 0 Å². The van der Waals surface area contributed by atoms with E-state index in [0.29, 0.717) is 0 Å². The van der Waals surface area contributed by atoms with Crippen molar-refractivity contribution in [2.24, 2.45) is 0 Å². The van der Waals surface area contributed by atoms with Crippen molar-refractivity contribution < 1.29 is 29.7 Å². The van der Waals surface area contributed by atoms with Crippen LogP contribution in [0.15, 0.2) is 72.9 Å². The largest absolute Gasteiger partial charge is 0.478 e. The van der Waals surface area contributed by atoms with E-state index in [1.165, 1.54) is 19.9 Å². The molecule has 0 heterocycles. The van der Waals surface area contributed by atoms with E-state index < -0.39 is 17.9 Å². The van der Waals surface area contributed by atoms with Crippen molar-refractivity contribution in [1.82, 2.24) is 0 Å². The standard InChI is InChI=1S/C11H10O2.2C4H6O2/c12-11(13)9-5-4-8-10-6-2-1-3-7-10;2*1-3(2)4(5)6/h1-9H,(H,12,13);2*1H2,2H3,(H,5,6). The third-order valence-corrected chi connectivity index (χ3v) is 2.17. The molecule has 1 aromatic rings. The lowest BCUT2D eigenvalue weighted by atomic mass is 10.2. The van der Waals surface area contributed by atoms with Crippen LogP contribution in [0.2, 0.25) is 0 Å². The average Bonchev–Trinajstić information content (AvgIpc) is 2.53. The Morgan fingerprint density at radius 1 is 0.840 bits per heavy atom. The number of aliphatic carboxylic acids is 3. The number of benzene rings is 1. The minimum Gasteiger partial charge on any atom is -0.478 e. The summed E-state index contributed by atoms with van der Waals surface area (Å²) < 4.78 is 0. The summed E-state index contributed by atoms with van der Waals surface area (Å²) in [5, 5.41) is 24.1. The Morgan fingerprint density at radius 3 is 1.56 bits per heavy atom. The Kier molecular flexibility index (Phi) is 13.5. The maximum atomic E-state index is 10.1. The van der Waals surface area contributed by atoms with Crippen LogP contribution in [0.1, 0.15) is 19.4 Å². The highest BCUT2D eigenvalue weighted by Crippen LogP contribution is 2.00. The van der Waals surface area contributed by atoms with Gasteiger partial charge < -0.3 is 15.3 Å². The molecule has 1 aromatic carbocycles. The SMILES string of the molecule is C=C(C)C(=O)O.C=C(C)C(=O)O.O=C(O)C=CC=Cc1ccccc1. The van der Waals surface area contributed by atoms with Crippen molar-refractivity contribution in [1.29, 1.82) is 0 Å². The van der Waals surface area contributed by atoms with Crippen LogP contribution in [-0.2, 0) is 14.4 Å². The number of allylic oxidation sites excluding steroid dienone is 2. The van der Waals surface area contributed by atoms with Gasteiger partial charge in [0.05, 0.1) is 0 Å². The predicted octanol–water partition coefficient (Wildman–Crippen LogP) is 3.63. The molecule has 1 rings (SSSR count). The second kappa shape index (κ2) is 14.2. The number of carboxylic acids is 3. The zero-order chi connectivity index (χ0) is 19.8. The molecule has 0 atom stereocenters. The number of carboxylic acid groups (broad SMARTS) is 3. The number of hydrogen-bond acceptors (Lipinski definition) is 3. The highest BCUT2D eigenvalue weighted by atomic mass is 16.4. The third kappa shape index (κ3) is 18.5. The predicted molar refractivity (Wildman–Crippen MR) is 97.2 cm³/mol. The number of hydrogen-bond donors (Lipinski definition) is 3. The summed E-state index contributed by atoms with van der Waals surface area (Å²) in [4.78, 5) is 29.3. The molecule has 0 aliphatic heterocycles. The zero-order valence-corrected chi connectivity index (χ0v) is 14.2. The molecule has 0 fully saturated rings. The first kappa shape index (κ1) is 23.9. The van der Waals surface area contributed by atoms with Gasteiger partial charge in [0.15, 0.2) is 0 Å². The molecule has 0 unspecified atom stereocenters. The number of rotatable bonds is 5. The summed E-state index contributed by atoms with van der Waals surface area (Å²) in [6.07, 6.45) is 6.14. The van der Waals surface area contributed by atoms with E-state index in [2.05, 4.69) is 13.2 Å². The van der Waals surface area contributed by atoms with Gasteiger partial charge in [-0.1, -0.05) is 61.7 Å². The van der Waals surface area contributed by atoms with E-state index in [9.17, 15) is 14.4 Å². The minimum atomic E-state index is -0.935. The third-order valence-electron chi connectivity index (χ3n) is 2.17. The highest BCUT2D eigenvalue weighted by molar-refractivity contribution is 5.85. The molecule has 3 N–H and O–H groups in total. The molecule has 0 radical (unpaired) electrons. The van der Waals surface area contributed by atoms with E-state index in [-0.39, 0.29) is 11.1 Å². The van der Waals surface area contributed by atoms with Crippen LogP contribution in [0.5, 0.6) is 0 Å². The van der Waals surface area contributed by atoms with Crippen molar-refractivity contribution in [3.63, 3.8) is 0 Å². The Morgan fingerprint density at radius 2 is 1.24 bits per heavy atom. The van der Waals surface area contributed by atoms with Gasteiger partial charge in [-0.25, -0.2) is 14.4 Å². The summed E-state index contributed by atoms with van der Waals surface area (Å²) in [5.41, 5.74) is 1.41. The van der Waals surface area contributed by atoms with E-state index in [1.54, 1.807) is 6.08 Å². The van der Waals surface area contributed by atoms with Crippen molar-refractivity contribution in [2.75, 3.05) is 0 Å². The Labute approximate surface area is 146 Å². The van der Waals surface area contributed by atoms with Crippen molar-refractivity contribution >= 4 is 24.0 Å². The molecule has 0 saturated carbocycles. The van der Waals surface area contributed by atoms with Gasteiger partial charge in [0.2, 0.25) is 0 Å². The quantitative estimate of drug-likeness (QED) is 0.554. The molecule has 0 amide bonds. The summed E-state index contributed by atoms with van der Waals surface area (Å²) in [5.74, 6) is -2.80. The fourth-order valence-corrected chi connectivity index (χ4v) is 0.869. The molecule has 0 spiro atoms. The second-order valence-corrected chi connectivity index (χ2v) is 4.64. The summed E-state index contributed by atoms with van der Waals surface area (Å²) in [6, 6.07) is 9.70. The summed E-state index contributed by atoms with van der Waals surface area (Å²) in [6.45, 7) is 9.20. The molecular weight excluding hydrogens is 324 g/mol. The van der Waals surface area contributed by atoms with Gasteiger partial charge in [0.25, 0.3) is 0 Å². The first-order chi connectivity index (χ1) is 11.6. The second-order valence-electron chi connectivity index (χ2n) is 4.64. The molecule has 0 aliphatic rings. The monoisotopic (exact) mass is 346 g/mol. The van der Waals surface area contributed by atoms with E-state index in [0.717, 1.165) is 11.6 Å². The molecule has 6 nitrogen and oxygen atoms in total. The van der Waals surface area contributed by atoms with Crippen LogP contribution in [0.3, 0.4) is 0 Å². The van der Waals surface area contributed by atoms with Gasteiger partial charge in [0, 0.05) is 17.2 Å². The highest BCUT2D eigenvalue weighted by Gasteiger charge is 1.90. The fourth-order valence-electron chi connectivity index (χ4n) is 0.869. The van der Waals surface area contributed by atoms with Crippen molar-refractivity contribution in [3.05, 3.63) is 78.4 Å². The lowest BCUT2D eigenvalue weighted by Gasteiger charge is -1.87. The smallest absolute Gasteiger partial charge is 0.330 e. The zero-order valence-electron chi connectivity index (χ0n) is 14.2. The molecule has 0 aliphatic carbocycles. The lowest BCUT2D eigenvalue weighted by molar-refractivity contribution is -0.133. The maximum absolute atomic E-state index is 10.1. The van der Waals surface area contributed by atoms with Crippen molar-refractivity contribution in [3.8, 4) is 0 Å². The van der Waals surface area contributed by atoms with Gasteiger partial charge in [-0.05, 0) is 19.4 Å². The minimum absolute atomic E-state index is 0.176. The van der Waals surface area contributed by atoms with Crippen molar-refractivity contribution in [2.45, 2.75) is 13.8 Å². The van der Waals surface area contributed by atoms with Gasteiger partial charge >= 0.3 is 17.9 Å². The Bertz CT molecular complexity index is 606. The first-order valence-corrected chi connectivity index (χ1v) is 6.98. The molecule has 6 heteroatoms. The van der Waals surface area contributed by atoms with Crippen LogP contribution in [-0.4, -0.2) is 33.2 Å². The van der Waals surface area contributed by atoms with Crippen LogP contribution in [0.4, 0.5) is 0 Å². The van der Waals surface area contributed by atoms with E-state index in [4.69, 9.17) is 15.3 Å². The first-order valence-electron chi connectivity index (χ1n) is 6.98. The molecule has 134 valence electrons. The lowest BCUT2D eigenvalue weighted by Crippen LogP contribution is -1.92. The summed E-state index contributed by atoms with van der Waals surface area (Å²) >= 11 is 0. The van der Waals surface area contributed by atoms with Gasteiger partial charge in [0.1, 0.15) is 0 Å². The van der Waals surface area contributed by atoms with Crippen LogP contribution in [0.25, 0.3) is 6.08 Å². The molecule has 0 bridgehead atoms. The van der Waals surface area contributed by atoms with Crippen LogP contribution >= 0.6 is 0 Å². The summed E-state index contributed by atoms with van der Waals surface area (Å²) in [7, 11) is 0. The topological polar surface area (TPSA) is 112 Å². The molecule has 25 heavy (non-hydrogen) atoms. The molecular formula is C19H22O6. The van der Waals surface area contributed by atoms with E-state index in [1.807, 2.05) is 36.4 Å². The van der Waals surface area contributed by atoms with Gasteiger partial charge in [-0.15, -0.1) is 0 Å². The van der Waals surface area contributed by atoms with Gasteiger partial charge in [-0.3, -0.25) is 0 Å². The normalized spacial score (nSPS) is 9.36. The fraction of sp³-hybridized carbons (Fsp3) is 0.105. The molecule has 0 saturated heterocycles.